The number of allylic oxidation sites excluding steroid dienone is 14. The van der Waals surface area contributed by atoms with Crippen LogP contribution in [-0.2, 0) is 0 Å². The lowest BCUT2D eigenvalue weighted by Crippen LogP contribution is -2.01. The molecule has 0 heteroatoms. The van der Waals surface area contributed by atoms with Crippen LogP contribution < -0.4 is 0 Å². The fraction of sp³-hybridized carbons (Fsp3) is 0.296. The summed E-state index contributed by atoms with van der Waals surface area (Å²) in [5.74, 6) is 0.344. The van der Waals surface area contributed by atoms with Crippen LogP contribution in [0.2, 0.25) is 0 Å². The molecule has 1 aliphatic rings. The molecule has 1 atom stereocenters. The molecule has 0 fully saturated rings. The Morgan fingerprint density at radius 1 is 0.704 bits per heavy atom. The summed E-state index contributed by atoms with van der Waals surface area (Å²) >= 11 is 0. The summed E-state index contributed by atoms with van der Waals surface area (Å²) in [5, 5.41) is 0. The molecule has 0 aromatic heterocycles. The van der Waals surface area contributed by atoms with E-state index in [1.54, 1.807) is 0 Å². The van der Waals surface area contributed by atoms with E-state index in [9.17, 15) is 0 Å². The van der Waals surface area contributed by atoms with Gasteiger partial charge in [0.25, 0.3) is 0 Å². The zero-order valence-electron chi connectivity index (χ0n) is 36.3. The molecular formula is C54H72. The van der Waals surface area contributed by atoms with Gasteiger partial charge in [-0.25, -0.2) is 0 Å². The van der Waals surface area contributed by atoms with Crippen LogP contribution in [0.4, 0.5) is 0 Å². The Morgan fingerprint density at radius 2 is 1.30 bits per heavy atom. The van der Waals surface area contributed by atoms with Crippen molar-refractivity contribution in [2.24, 2.45) is 0 Å². The molecule has 0 bridgehead atoms. The molecule has 3 aromatic rings. The largest absolute Gasteiger partial charge is 0.0991 e. The van der Waals surface area contributed by atoms with Crippen molar-refractivity contribution >= 4 is 17.2 Å². The second-order valence-electron chi connectivity index (χ2n) is 12.0. The van der Waals surface area contributed by atoms with Crippen LogP contribution in [0, 0.1) is 20.8 Å². The molecule has 0 spiro atoms. The number of hydrogen-bond acceptors (Lipinski definition) is 0. The highest BCUT2D eigenvalue weighted by molar-refractivity contribution is 5.88. The monoisotopic (exact) mass is 721 g/mol. The number of rotatable bonds is 12. The molecule has 4 rings (SSSR count). The molecule has 0 radical (unpaired) electrons. The van der Waals surface area contributed by atoms with Gasteiger partial charge >= 0.3 is 0 Å². The summed E-state index contributed by atoms with van der Waals surface area (Å²) in [4.78, 5) is 0. The Balaban J connectivity index is 0.00000329. The van der Waals surface area contributed by atoms with Gasteiger partial charge in [-0.2, -0.15) is 0 Å². The minimum atomic E-state index is 0.344. The van der Waals surface area contributed by atoms with Crippen molar-refractivity contribution in [2.45, 2.75) is 109 Å². The lowest BCUT2D eigenvalue weighted by Gasteiger charge is -2.20. The van der Waals surface area contributed by atoms with Gasteiger partial charge in [-0.15, -0.1) is 0 Å². The Labute approximate surface area is 333 Å². The van der Waals surface area contributed by atoms with E-state index < -0.39 is 0 Å². The highest BCUT2D eigenvalue weighted by atomic mass is 14.2. The predicted octanol–water partition coefficient (Wildman–Crippen LogP) is 17.0. The van der Waals surface area contributed by atoms with E-state index in [1.807, 2.05) is 80.5 Å². The molecule has 54 heavy (non-hydrogen) atoms. The van der Waals surface area contributed by atoms with Gasteiger partial charge in [0.05, 0.1) is 0 Å². The first-order valence-corrected chi connectivity index (χ1v) is 20.3. The quantitative estimate of drug-likeness (QED) is 0.163. The van der Waals surface area contributed by atoms with E-state index in [-0.39, 0.29) is 0 Å². The average molecular weight is 721 g/mol. The maximum atomic E-state index is 4.52. The maximum absolute atomic E-state index is 4.52. The number of aryl methyl sites for hydroxylation is 1. The van der Waals surface area contributed by atoms with Crippen LogP contribution in [0.1, 0.15) is 138 Å². The van der Waals surface area contributed by atoms with Crippen molar-refractivity contribution in [3.63, 3.8) is 0 Å². The van der Waals surface area contributed by atoms with Gasteiger partial charge < -0.3 is 0 Å². The van der Waals surface area contributed by atoms with Crippen LogP contribution in [-0.4, -0.2) is 0 Å². The van der Waals surface area contributed by atoms with Gasteiger partial charge in [0, 0.05) is 0 Å². The van der Waals surface area contributed by atoms with E-state index in [0.717, 1.165) is 18.4 Å². The molecule has 0 heterocycles. The lowest BCUT2D eigenvalue weighted by molar-refractivity contribution is 0.967. The predicted molar refractivity (Wildman–Crippen MR) is 250 cm³/mol. The Hall–Kier alpha value is -4.94. The number of benzene rings is 3. The first-order valence-electron chi connectivity index (χ1n) is 20.3. The molecule has 288 valence electrons. The van der Waals surface area contributed by atoms with Crippen LogP contribution >= 0.6 is 0 Å². The van der Waals surface area contributed by atoms with E-state index in [0.29, 0.717) is 5.92 Å². The van der Waals surface area contributed by atoms with Gasteiger partial charge in [0.15, 0.2) is 0 Å². The Bertz CT molecular complexity index is 1800. The minimum absolute atomic E-state index is 0.344. The second kappa shape index (κ2) is 28.5. The summed E-state index contributed by atoms with van der Waals surface area (Å²) in [7, 11) is 0. The summed E-state index contributed by atoms with van der Waals surface area (Å²) < 4.78 is 0. The topological polar surface area (TPSA) is 0 Å². The number of hydrogen-bond donors (Lipinski definition) is 0. The summed E-state index contributed by atoms with van der Waals surface area (Å²) in [6, 6.07) is 20.2. The molecule has 1 aliphatic carbocycles. The van der Waals surface area contributed by atoms with Gasteiger partial charge in [0.2, 0.25) is 0 Å². The second-order valence-corrected chi connectivity index (χ2v) is 12.0. The third-order valence-corrected chi connectivity index (χ3v) is 8.84. The normalized spacial score (nSPS) is 12.9. The van der Waals surface area contributed by atoms with E-state index in [1.165, 1.54) is 66.8 Å². The van der Waals surface area contributed by atoms with Gasteiger partial charge in [-0.1, -0.05) is 210 Å². The van der Waals surface area contributed by atoms with Crippen LogP contribution in [0.5, 0.6) is 0 Å². The molecule has 0 aliphatic heterocycles. The summed E-state index contributed by atoms with van der Waals surface area (Å²) in [6.07, 6.45) is 29.3. The van der Waals surface area contributed by atoms with Gasteiger partial charge in [-0.05, 0) is 125 Å². The fourth-order valence-corrected chi connectivity index (χ4v) is 5.94. The van der Waals surface area contributed by atoms with E-state index in [4.69, 9.17) is 0 Å². The summed E-state index contributed by atoms with van der Waals surface area (Å²) in [5.41, 5.74) is 15.8. The molecule has 0 N–H and O–H groups in total. The first-order chi connectivity index (χ1) is 26.3. The molecule has 1 unspecified atom stereocenters. The van der Waals surface area contributed by atoms with Crippen molar-refractivity contribution in [1.29, 1.82) is 0 Å². The minimum Gasteiger partial charge on any atom is -0.0991 e. The Kier molecular flexibility index (Phi) is 25.9. The van der Waals surface area contributed by atoms with Crippen LogP contribution in [0.25, 0.3) is 17.2 Å². The molecule has 0 saturated carbocycles. The molecule has 0 amide bonds. The Morgan fingerprint density at radius 3 is 1.81 bits per heavy atom. The van der Waals surface area contributed by atoms with Gasteiger partial charge in [-0.3, -0.25) is 0 Å². The summed E-state index contributed by atoms with van der Waals surface area (Å²) in [6.45, 7) is 39.3. The third-order valence-electron chi connectivity index (χ3n) is 8.84. The zero-order valence-corrected chi connectivity index (χ0v) is 36.3. The fourth-order valence-electron chi connectivity index (χ4n) is 5.94. The standard InChI is InChI=1S/C46H48.4C2H6/c1-9-12-15-19-33(4)40-23-26-41(27-24-40)45(18-11-3)43-29-30-44(37(8)36(43)7)46(32-35(6)38-21-16-14-17-22-38)42-28-25-39(20-13-10-2)34(5)31-42;4*1-2/h9-16,18-21,23-33H,2-3,6,17,22H2,1,4-5,7-8H3;4*1-2H3/b12-9-,19-15-,20-13-,45-18-,46-32-;;;;. The van der Waals surface area contributed by atoms with Crippen molar-refractivity contribution in [1.82, 2.24) is 0 Å². The highest BCUT2D eigenvalue weighted by Gasteiger charge is 2.17. The molecular weight excluding hydrogens is 649 g/mol. The van der Waals surface area contributed by atoms with Gasteiger partial charge in [0.1, 0.15) is 0 Å². The van der Waals surface area contributed by atoms with Crippen LogP contribution in [0.3, 0.4) is 0 Å². The van der Waals surface area contributed by atoms with E-state index in [2.05, 4.69) is 163 Å². The SMILES string of the molecule is C=C/C=C\c1ccc(/C(=C/C(=C)C2=CC=CCC2)c2ccc(/C(=C\C=C)c3ccc(C(C)/C=C\C=C/C)cc3)c(C)c2C)cc1C.CC.CC.CC.CC. The van der Waals surface area contributed by atoms with Crippen molar-refractivity contribution in [2.75, 3.05) is 0 Å². The third kappa shape index (κ3) is 14.5. The maximum Gasteiger partial charge on any atom is -0.000732 e. The van der Waals surface area contributed by atoms with Crippen molar-refractivity contribution in [3.05, 3.63) is 208 Å². The molecule has 0 saturated heterocycles. The molecule has 3 aromatic carbocycles. The zero-order chi connectivity index (χ0) is 41.1. The van der Waals surface area contributed by atoms with Crippen molar-refractivity contribution in [3.8, 4) is 0 Å². The first kappa shape index (κ1) is 49.1. The molecule has 0 nitrogen and oxygen atoms in total. The van der Waals surface area contributed by atoms with Crippen molar-refractivity contribution < 1.29 is 0 Å². The van der Waals surface area contributed by atoms with E-state index >= 15 is 0 Å². The highest BCUT2D eigenvalue weighted by Crippen LogP contribution is 2.36. The van der Waals surface area contributed by atoms with Crippen LogP contribution in [0.15, 0.2) is 158 Å². The average Bonchev–Trinajstić information content (AvgIpc) is 3.23. The lowest BCUT2D eigenvalue weighted by atomic mass is 9.84. The smallest absolute Gasteiger partial charge is 0.000732 e.